The molecular weight excluding hydrogens is 410 g/mol. The molecule has 7 heteroatoms. The lowest BCUT2D eigenvalue weighted by Crippen LogP contribution is -2.30. The largest absolute Gasteiger partial charge is 0.371 e. The minimum atomic E-state index is -3.60. The van der Waals surface area contributed by atoms with Gasteiger partial charge in [-0.3, -0.25) is 4.79 Å². The molecule has 0 aliphatic carbocycles. The fourth-order valence-electron chi connectivity index (χ4n) is 3.80. The zero-order valence-corrected chi connectivity index (χ0v) is 19.5. The van der Waals surface area contributed by atoms with Crippen molar-refractivity contribution < 1.29 is 13.2 Å². The van der Waals surface area contributed by atoms with Crippen LogP contribution in [0.15, 0.2) is 47.4 Å². The fourth-order valence-corrected chi connectivity index (χ4v) is 4.84. The van der Waals surface area contributed by atoms with Crippen molar-refractivity contribution in [3.8, 4) is 0 Å². The van der Waals surface area contributed by atoms with Crippen LogP contribution in [0.2, 0.25) is 0 Å². The van der Waals surface area contributed by atoms with E-state index < -0.39 is 10.0 Å². The number of sulfonamides is 1. The number of fused-ring (bicyclic) bond motifs is 1. The second-order valence-corrected chi connectivity index (χ2v) is 10.1. The van der Waals surface area contributed by atoms with Crippen molar-refractivity contribution in [1.82, 2.24) is 4.72 Å². The van der Waals surface area contributed by atoms with Gasteiger partial charge in [0, 0.05) is 36.9 Å². The average Bonchev–Trinajstić information content (AvgIpc) is 2.74. The summed E-state index contributed by atoms with van der Waals surface area (Å²) in [4.78, 5) is 14.4. The van der Waals surface area contributed by atoms with Crippen LogP contribution >= 0.6 is 0 Å². The van der Waals surface area contributed by atoms with Gasteiger partial charge < -0.3 is 10.2 Å². The number of hydrogen-bond acceptors (Lipinski definition) is 4. The molecule has 0 saturated carbocycles. The van der Waals surface area contributed by atoms with Gasteiger partial charge in [0.1, 0.15) is 0 Å². The molecule has 1 aliphatic rings. The molecule has 31 heavy (non-hydrogen) atoms. The minimum absolute atomic E-state index is 0.100. The summed E-state index contributed by atoms with van der Waals surface area (Å²) in [7, 11) is -3.60. The number of rotatable bonds is 9. The van der Waals surface area contributed by atoms with Gasteiger partial charge in [0.25, 0.3) is 0 Å². The van der Waals surface area contributed by atoms with Crippen molar-refractivity contribution in [2.45, 2.75) is 51.3 Å². The molecule has 2 aromatic carbocycles. The van der Waals surface area contributed by atoms with Crippen LogP contribution in [0.1, 0.15) is 44.7 Å². The van der Waals surface area contributed by atoms with E-state index in [0.717, 1.165) is 37.9 Å². The standard InChI is InChI=1S/C24H33N3O3S/c1-4-15-27-16-5-6-20-17-19(7-12-23(20)27)13-14-25-31(29,30)22-10-8-21(9-11-22)26-24(28)18(2)3/h7-12,17-18,25H,4-6,13-16H2,1-3H3,(H,26,28). The van der Waals surface area contributed by atoms with Gasteiger partial charge in [-0.25, -0.2) is 13.1 Å². The smallest absolute Gasteiger partial charge is 0.240 e. The number of carbonyl (C=O) groups excluding carboxylic acids is 1. The molecule has 0 spiro atoms. The molecule has 0 aromatic heterocycles. The number of carbonyl (C=O) groups is 1. The molecule has 0 saturated heterocycles. The SMILES string of the molecule is CCCN1CCCc2cc(CCNS(=O)(=O)c3ccc(NC(=O)C(C)C)cc3)ccc21. The number of aryl methyl sites for hydroxylation is 1. The van der Waals surface area contributed by atoms with Crippen LogP contribution in [0.4, 0.5) is 11.4 Å². The zero-order chi connectivity index (χ0) is 22.4. The third kappa shape index (κ3) is 6.08. The second kappa shape index (κ2) is 10.3. The van der Waals surface area contributed by atoms with E-state index in [1.54, 1.807) is 12.1 Å². The highest BCUT2D eigenvalue weighted by molar-refractivity contribution is 7.89. The molecule has 2 N–H and O–H groups in total. The van der Waals surface area contributed by atoms with Crippen LogP contribution in [0.25, 0.3) is 0 Å². The molecule has 1 heterocycles. The van der Waals surface area contributed by atoms with Crippen LogP contribution in [0.3, 0.4) is 0 Å². The number of nitrogens with zero attached hydrogens (tertiary/aromatic N) is 1. The molecule has 0 unspecified atom stereocenters. The molecule has 6 nitrogen and oxygen atoms in total. The fraction of sp³-hybridized carbons (Fsp3) is 0.458. The van der Waals surface area contributed by atoms with Gasteiger partial charge in [0.05, 0.1) is 4.90 Å². The molecule has 0 atom stereocenters. The minimum Gasteiger partial charge on any atom is -0.371 e. The summed E-state index contributed by atoms with van der Waals surface area (Å²) in [6.07, 6.45) is 4.02. The van der Waals surface area contributed by atoms with Gasteiger partial charge in [-0.05, 0) is 67.1 Å². The number of hydrogen-bond donors (Lipinski definition) is 2. The Kier molecular flexibility index (Phi) is 7.73. The van der Waals surface area contributed by atoms with Crippen molar-refractivity contribution in [3.05, 3.63) is 53.6 Å². The third-order valence-electron chi connectivity index (χ3n) is 5.51. The first-order valence-corrected chi connectivity index (χ1v) is 12.6. The van der Waals surface area contributed by atoms with Crippen molar-refractivity contribution in [2.24, 2.45) is 5.92 Å². The van der Waals surface area contributed by atoms with Gasteiger partial charge in [-0.2, -0.15) is 0 Å². The van der Waals surface area contributed by atoms with E-state index in [1.165, 1.54) is 23.4 Å². The van der Waals surface area contributed by atoms with Crippen LogP contribution in [-0.4, -0.2) is 34.0 Å². The Hall–Kier alpha value is -2.38. The molecule has 0 radical (unpaired) electrons. The molecule has 168 valence electrons. The summed E-state index contributed by atoms with van der Waals surface area (Å²) in [6, 6.07) is 12.8. The Labute approximate surface area is 186 Å². The highest BCUT2D eigenvalue weighted by atomic mass is 32.2. The molecule has 3 rings (SSSR count). The normalized spacial score (nSPS) is 13.9. The summed E-state index contributed by atoms with van der Waals surface area (Å²) >= 11 is 0. The first-order chi connectivity index (χ1) is 14.8. The molecular formula is C24H33N3O3S. The molecule has 1 amide bonds. The van der Waals surface area contributed by atoms with Crippen LogP contribution in [-0.2, 0) is 27.7 Å². The zero-order valence-electron chi connectivity index (χ0n) is 18.6. The summed E-state index contributed by atoms with van der Waals surface area (Å²) in [5, 5.41) is 2.76. The van der Waals surface area contributed by atoms with E-state index in [0.29, 0.717) is 18.7 Å². The number of anilines is 2. The molecule has 0 bridgehead atoms. The quantitative estimate of drug-likeness (QED) is 0.615. The summed E-state index contributed by atoms with van der Waals surface area (Å²) in [6.45, 7) is 8.34. The van der Waals surface area contributed by atoms with Crippen LogP contribution < -0.4 is 14.9 Å². The average molecular weight is 444 g/mol. The highest BCUT2D eigenvalue weighted by Gasteiger charge is 2.17. The van der Waals surface area contributed by atoms with E-state index in [2.05, 4.69) is 40.1 Å². The Bertz CT molecular complexity index is 1000. The predicted molar refractivity (Wildman–Crippen MR) is 126 cm³/mol. The Balaban J connectivity index is 1.58. The van der Waals surface area contributed by atoms with E-state index in [9.17, 15) is 13.2 Å². The lowest BCUT2D eigenvalue weighted by Gasteiger charge is -2.31. The number of nitrogens with one attached hydrogen (secondary N) is 2. The maximum Gasteiger partial charge on any atom is 0.240 e. The van der Waals surface area contributed by atoms with Gasteiger partial charge in [-0.1, -0.05) is 32.9 Å². The topological polar surface area (TPSA) is 78.5 Å². The molecule has 1 aliphatic heterocycles. The van der Waals surface area contributed by atoms with Gasteiger partial charge in [0.15, 0.2) is 0 Å². The number of amides is 1. The molecule has 2 aromatic rings. The van der Waals surface area contributed by atoms with Crippen molar-refractivity contribution in [1.29, 1.82) is 0 Å². The van der Waals surface area contributed by atoms with E-state index >= 15 is 0 Å². The summed E-state index contributed by atoms with van der Waals surface area (Å²) < 4.78 is 27.9. The molecule has 0 fully saturated rings. The van der Waals surface area contributed by atoms with E-state index in [1.807, 2.05) is 13.8 Å². The van der Waals surface area contributed by atoms with Crippen molar-refractivity contribution >= 4 is 27.3 Å². The highest BCUT2D eigenvalue weighted by Crippen LogP contribution is 2.28. The van der Waals surface area contributed by atoms with Gasteiger partial charge in [-0.15, -0.1) is 0 Å². The van der Waals surface area contributed by atoms with Gasteiger partial charge >= 0.3 is 0 Å². The summed E-state index contributed by atoms with van der Waals surface area (Å²) in [5.41, 5.74) is 4.41. The van der Waals surface area contributed by atoms with Gasteiger partial charge in [0.2, 0.25) is 15.9 Å². The predicted octanol–water partition coefficient (Wildman–Crippen LogP) is 3.96. The Morgan fingerprint density at radius 3 is 2.55 bits per heavy atom. The van der Waals surface area contributed by atoms with Crippen molar-refractivity contribution in [3.63, 3.8) is 0 Å². The lowest BCUT2D eigenvalue weighted by molar-refractivity contribution is -0.118. The van der Waals surface area contributed by atoms with Crippen molar-refractivity contribution in [2.75, 3.05) is 29.9 Å². The summed E-state index contributed by atoms with van der Waals surface area (Å²) in [5.74, 6) is -0.236. The van der Waals surface area contributed by atoms with Crippen LogP contribution in [0.5, 0.6) is 0 Å². The number of benzene rings is 2. The van der Waals surface area contributed by atoms with E-state index in [-0.39, 0.29) is 16.7 Å². The first-order valence-electron chi connectivity index (χ1n) is 11.1. The third-order valence-corrected chi connectivity index (χ3v) is 6.99. The van der Waals surface area contributed by atoms with E-state index in [4.69, 9.17) is 0 Å². The maximum atomic E-state index is 12.6. The second-order valence-electron chi connectivity index (χ2n) is 8.37. The monoisotopic (exact) mass is 443 g/mol. The Morgan fingerprint density at radius 2 is 1.87 bits per heavy atom. The Morgan fingerprint density at radius 1 is 1.13 bits per heavy atom. The first kappa shape index (κ1) is 23.3. The van der Waals surface area contributed by atoms with Crippen LogP contribution in [0, 0.1) is 5.92 Å². The lowest BCUT2D eigenvalue weighted by atomic mass is 9.98. The maximum absolute atomic E-state index is 12.6.